The number of carbonyl (C=O) groups is 1. The van der Waals surface area contributed by atoms with E-state index in [2.05, 4.69) is 34.1 Å². The van der Waals surface area contributed by atoms with E-state index in [-0.39, 0.29) is 36.8 Å². The van der Waals surface area contributed by atoms with Crippen molar-refractivity contribution < 1.29 is 9.53 Å². The molecule has 2 heterocycles. The lowest BCUT2D eigenvalue weighted by molar-refractivity contribution is -0.134. The number of nitrogens with one attached hydrogen (secondary N) is 3. The molecule has 1 atom stereocenters. The van der Waals surface area contributed by atoms with Crippen LogP contribution in [0, 0.1) is 0 Å². The van der Waals surface area contributed by atoms with Gasteiger partial charge < -0.3 is 20.7 Å². The predicted molar refractivity (Wildman–Crippen MR) is 85.9 cm³/mol. The summed E-state index contributed by atoms with van der Waals surface area (Å²) in [6.07, 6.45) is -0.357. The van der Waals surface area contributed by atoms with Gasteiger partial charge in [0.1, 0.15) is 6.10 Å². The number of rotatable bonds is 3. The third-order valence-corrected chi connectivity index (χ3v) is 3.59. The highest BCUT2D eigenvalue weighted by molar-refractivity contribution is 5.85. The van der Waals surface area contributed by atoms with Crippen molar-refractivity contribution in [2.24, 2.45) is 0 Å². The molecule has 5 nitrogen and oxygen atoms in total. The highest BCUT2D eigenvalue weighted by Crippen LogP contribution is 2.16. The van der Waals surface area contributed by atoms with Gasteiger partial charge in [0, 0.05) is 32.7 Å². The molecular formula is C14H21Cl2N3O2. The van der Waals surface area contributed by atoms with Crippen molar-refractivity contribution in [3.05, 3.63) is 34.9 Å². The zero-order valence-electron chi connectivity index (χ0n) is 11.7. The second kappa shape index (κ2) is 8.56. The van der Waals surface area contributed by atoms with Crippen LogP contribution in [0.3, 0.4) is 0 Å². The third-order valence-electron chi connectivity index (χ3n) is 3.59. The summed E-state index contributed by atoms with van der Waals surface area (Å²) in [6, 6.07) is 6.37. The molecule has 1 aromatic carbocycles. The molecule has 1 aromatic rings. The maximum absolute atomic E-state index is 11.9. The minimum absolute atomic E-state index is 0. The van der Waals surface area contributed by atoms with Crippen molar-refractivity contribution in [2.45, 2.75) is 25.7 Å². The maximum Gasteiger partial charge on any atom is 0.250 e. The molecule has 3 N–H and O–H groups in total. The van der Waals surface area contributed by atoms with Crippen LogP contribution in [0.1, 0.15) is 16.7 Å². The Morgan fingerprint density at radius 2 is 2.05 bits per heavy atom. The first-order valence-corrected chi connectivity index (χ1v) is 6.74. The first-order valence-electron chi connectivity index (χ1n) is 6.74. The molecule has 118 valence electrons. The molecule has 0 aliphatic carbocycles. The Hall–Kier alpha value is -0.850. The molecule has 7 heteroatoms. The molecule has 2 aliphatic rings. The lowest BCUT2D eigenvalue weighted by Gasteiger charge is -2.22. The SMILES string of the molecule is Cl.Cl.O=C(NCc1ccc2c(c1)CNC2)[C@H]1CNCCO1. The van der Waals surface area contributed by atoms with E-state index in [4.69, 9.17) is 4.74 Å². The summed E-state index contributed by atoms with van der Waals surface area (Å²) in [5.74, 6) is -0.0363. The summed E-state index contributed by atoms with van der Waals surface area (Å²) in [5, 5.41) is 9.41. The number of halogens is 2. The molecule has 21 heavy (non-hydrogen) atoms. The van der Waals surface area contributed by atoms with Gasteiger partial charge in [0.2, 0.25) is 0 Å². The van der Waals surface area contributed by atoms with Crippen molar-refractivity contribution in [3.63, 3.8) is 0 Å². The van der Waals surface area contributed by atoms with Crippen molar-refractivity contribution in [1.29, 1.82) is 0 Å². The zero-order valence-corrected chi connectivity index (χ0v) is 13.3. The van der Waals surface area contributed by atoms with Gasteiger partial charge in [-0.3, -0.25) is 4.79 Å². The van der Waals surface area contributed by atoms with Gasteiger partial charge in [-0.2, -0.15) is 0 Å². The van der Waals surface area contributed by atoms with Gasteiger partial charge in [-0.25, -0.2) is 0 Å². The second-order valence-corrected chi connectivity index (χ2v) is 4.99. The van der Waals surface area contributed by atoms with Crippen LogP contribution in [-0.4, -0.2) is 31.7 Å². The van der Waals surface area contributed by atoms with Gasteiger partial charge in [-0.1, -0.05) is 18.2 Å². The van der Waals surface area contributed by atoms with Crippen molar-refractivity contribution in [3.8, 4) is 0 Å². The Balaban J connectivity index is 0.00000110. The van der Waals surface area contributed by atoms with Crippen LogP contribution in [0.4, 0.5) is 0 Å². The van der Waals surface area contributed by atoms with E-state index in [1.807, 2.05) is 0 Å². The minimum Gasteiger partial charge on any atom is -0.366 e. The third kappa shape index (κ3) is 4.56. The molecule has 0 spiro atoms. The van der Waals surface area contributed by atoms with Crippen LogP contribution in [0.25, 0.3) is 0 Å². The number of amides is 1. The molecule has 2 aliphatic heterocycles. The average molecular weight is 334 g/mol. The standard InChI is InChI=1S/C14H19N3O2.2ClH/c18-14(13-9-15-3-4-19-13)17-6-10-1-2-11-7-16-8-12(11)5-10;;/h1-2,5,13,15-16H,3-4,6-9H2,(H,17,18);2*1H/t13-;;/m1../s1. The largest absolute Gasteiger partial charge is 0.366 e. The summed E-state index contributed by atoms with van der Waals surface area (Å²) in [5.41, 5.74) is 3.83. The fourth-order valence-electron chi connectivity index (χ4n) is 2.49. The lowest BCUT2D eigenvalue weighted by Crippen LogP contribution is -2.47. The maximum atomic E-state index is 11.9. The summed E-state index contributed by atoms with van der Waals surface area (Å²) in [4.78, 5) is 11.9. The molecule has 0 saturated carbocycles. The quantitative estimate of drug-likeness (QED) is 0.763. The number of hydrogen-bond donors (Lipinski definition) is 3. The van der Waals surface area contributed by atoms with E-state index in [0.29, 0.717) is 19.7 Å². The van der Waals surface area contributed by atoms with Gasteiger partial charge in [0.05, 0.1) is 6.61 Å². The van der Waals surface area contributed by atoms with E-state index in [1.54, 1.807) is 0 Å². The van der Waals surface area contributed by atoms with Crippen LogP contribution in [0.2, 0.25) is 0 Å². The smallest absolute Gasteiger partial charge is 0.250 e. The van der Waals surface area contributed by atoms with Crippen LogP contribution in [0.5, 0.6) is 0 Å². The summed E-state index contributed by atoms with van der Waals surface area (Å²) in [6.45, 7) is 4.45. The Kier molecular flexibility index (Phi) is 7.42. The topological polar surface area (TPSA) is 62.4 Å². The number of benzene rings is 1. The van der Waals surface area contributed by atoms with Crippen LogP contribution in [0.15, 0.2) is 18.2 Å². The fraction of sp³-hybridized carbons (Fsp3) is 0.500. The van der Waals surface area contributed by atoms with E-state index in [9.17, 15) is 4.79 Å². The van der Waals surface area contributed by atoms with Crippen LogP contribution >= 0.6 is 24.8 Å². The molecular weight excluding hydrogens is 313 g/mol. The van der Waals surface area contributed by atoms with E-state index < -0.39 is 0 Å². The molecule has 0 aromatic heterocycles. The molecule has 1 saturated heterocycles. The van der Waals surface area contributed by atoms with Gasteiger partial charge in [0.15, 0.2) is 0 Å². The Morgan fingerprint density at radius 1 is 1.24 bits per heavy atom. The van der Waals surface area contributed by atoms with E-state index >= 15 is 0 Å². The van der Waals surface area contributed by atoms with Crippen LogP contribution in [-0.2, 0) is 29.2 Å². The first-order chi connectivity index (χ1) is 9.33. The van der Waals surface area contributed by atoms with Crippen molar-refractivity contribution >= 4 is 30.7 Å². The van der Waals surface area contributed by atoms with E-state index in [0.717, 1.165) is 25.2 Å². The Morgan fingerprint density at radius 3 is 2.81 bits per heavy atom. The number of fused-ring (bicyclic) bond motifs is 1. The number of ether oxygens (including phenoxy) is 1. The van der Waals surface area contributed by atoms with Crippen LogP contribution < -0.4 is 16.0 Å². The normalized spacial score (nSPS) is 19.9. The molecule has 3 rings (SSSR count). The molecule has 0 bridgehead atoms. The zero-order chi connectivity index (χ0) is 13.1. The predicted octanol–water partition coefficient (Wildman–Crippen LogP) is 0.738. The minimum atomic E-state index is -0.357. The summed E-state index contributed by atoms with van der Waals surface area (Å²) >= 11 is 0. The monoisotopic (exact) mass is 333 g/mol. The number of morpholine rings is 1. The summed E-state index contributed by atoms with van der Waals surface area (Å²) < 4.78 is 5.42. The molecule has 1 fully saturated rings. The number of carbonyl (C=O) groups excluding carboxylic acids is 1. The van der Waals surface area contributed by atoms with Gasteiger partial charge in [-0.15, -0.1) is 24.8 Å². The lowest BCUT2D eigenvalue weighted by atomic mass is 10.1. The highest BCUT2D eigenvalue weighted by atomic mass is 35.5. The Bertz CT molecular complexity index is 479. The molecule has 1 amide bonds. The first kappa shape index (κ1) is 18.2. The van der Waals surface area contributed by atoms with Gasteiger partial charge in [-0.05, 0) is 16.7 Å². The fourth-order valence-corrected chi connectivity index (χ4v) is 2.49. The molecule has 0 radical (unpaired) electrons. The highest BCUT2D eigenvalue weighted by Gasteiger charge is 2.21. The van der Waals surface area contributed by atoms with Gasteiger partial charge >= 0.3 is 0 Å². The van der Waals surface area contributed by atoms with E-state index in [1.165, 1.54) is 11.1 Å². The van der Waals surface area contributed by atoms with Gasteiger partial charge in [0.25, 0.3) is 5.91 Å². The second-order valence-electron chi connectivity index (χ2n) is 4.99. The average Bonchev–Trinajstić information content (AvgIpc) is 2.93. The Labute approximate surface area is 137 Å². The molecule has 0 unspecified atom stereocenters. The summed E-state index contributed by atoms with van der Waals surface area (Å²) in [7, 11) is 0. The van der Waals surface area contributed by atoms with Crippen molar-refractivity contribution in [1.82, 2.24) is 16.0 Å². The van der Waals surface area contributed by atoms with Crippen molar-refractivity contribution in [2.75, 3.05) is 19.7 Å². The number of hydrogen-bond acceptors (Lipinski definition) is 4.